The molecule has 140 valence electrons. The Morgan fingerprint density at radius 3 is 2.69 bits per heavy atom. The maximum Gasteiger partial charge on any atom is 0.0603 e. The third-order valence-corrected chi connectivity index (χ3v) is 5.63. The minimum atomic E-state index is 0.325. The van der Waals surface area contributed by atoms with Gasteiger partial charge in [0, 0.05) is 19.3 Å². The average molecular weight is 353 g/mol. The van der Waals surface area contributed by atoms with E-state index in [1.54, 1.807) is 0 Å². The van der Waals surface area contributed by atoms with Crippen molar-refractivity contribution in [1.82, 2.24) is 10.3 Å². The Bertz CT molecular complexity index is 644. The summed E-state index contributed by atoms with van der Waals surface area (Å²) in [6.45, 7) is 7.31. The number of nitrogens with one attached hydrogen (secondary N) is 1. The van der Waals surface area contributed by atoms with Crippen molar-refractivity contribution in [2.75, 3.05) is 13.2 Å². The van der Waals surface area contributed by atoms with Gasteiger partial charge in [-0.25, -0.2) is 0 Å². The highest BCUT2D eigenvalue weighted by Crippen LogP contribution is 2.41. The highest BCUT2D eigenvalue weighted by Gasteiger charge is 2.37. The average Bonchev–Trinajstić information content (AvgIpc) is 2.67. The Morgan fingerprint density at radius 2 is 1.96 bits per heavy atom. The fourth-order valence-corrected chi connectivity index (χ4v) is 4.02. The second kappa shape index (κ2) is 9.29. The van der Waals surface area contributed by atoms with Crippen LogP contribution in [0.3, 0.4) is 0 Å². The number of benzene rings is 1. The fraction of sp³-hybridized carbons (Fsp3) is 0.522. The second-order valence-corrected chi connectivity index (χ2v) is 8.02. The van der Waals surface area contributed by atoms with Crippen molar-refractivity contribution < 1.29 is 4.74 Å². The molecular weight excluding hydrogens is 320 g/mol. The minimum absolute atomic E-state index is 0.325. The van der Waals surface area contributed by atoms with E-state index in [1.807, 2.05) is 18.3 Å². The largest absolute Gasteiger partial charge is 0.378 e. The first-order valence-corrected chi connectivity index (χ1v) is 9.93. The normalized spacial score (nSPS) is 23.3. The quantitative estimate of drug-likeness (QED) is 0.704. The number of hydrogen-bond donors (Lipinski definition) is 1. The Balaban J connectivity index is 1.62. The molecule has 1 aliphatic heterocycles. The molecule has 1 fully saturated rings. The lowest BCUT2D eigenvalue weighted by Crippen LogP contribution is -2.41. The predicted molar refractivity (Wildman–Crippen MR) is 107 cm³/mol. The molecule has 2 heterocycles. The van der Waals surface area contributed by atoms with Crippen LogP contribution in [0.5, 0.6) is 0 Å². The summed E-state index contributed by atoms with van der Waals surface area (Å²) in [6.07, 6.45) is 6.87. The molecule has 3 heteroatoms. The maximum atomic E-state index is 6.08. The van der Waals surface area contributed by atoms with Crippen molar-refractivity contribution in [3.8, 4) is 0 Å². The van der Waals surface area contributed by atoms with Crippen LogP contribution in [-0.4, -0.2) is 24.2 Å². The van der Waals surface area contributed by atoms with Crippen LogP contribution in [0, 0.1) is 11.3 Å². The third kappa shape index (κ3) is 5.39. The van der Waals surface area contributed by atoms with Gasteiger partial charge in [-0.05, 0) is 61.3 Å². The molecule has 1 N–H and O–H groups in total. The Morgan fingerprint density at radius 1 is 1.15 bits per heavy atom. The van der Waals surface area contributed by atoms with E-state index in [0.717, 1.165) is 44.7 Å². The predicted octanol–water partition coefficient (Wildman–Crippen LogP) is 4.63. The number of hydrogen-bond acceptors (Lipinski definition) is 3. The van der Waals surface area contributed by atoms with Gasteiger partial charge in [0.2, 0.25) is 0 Å². The molecule has 26 heavy (non-hydrogen) atoms. The van der Waals surface area contributed by atoms with Gasteiger partial charge >= 0.3 is 0 Å². The second-order valence-electron chi connectivity index (χ2n) is 8.02. The van der Waals surface area contributed by atoms with Crippen molar-refractivity contribution in [2.24, 2.45) is 11.3 Å². The van der Waals surface area contributed by atoms with Crippen LogP contribution < -0.4 is 5.32 Å². The maximum absolute atomic E-state index is 6.08. The SMILES string of the molecule is CC(C)[C@@H]1C[C@@](CCNCc2ccccn2)(Cc2ccccc2)CCO1. The molecule has 0 saturated carbocycles. The molecule has 0 spiro atoms. The first-order valence-electron chi connectivity index (χ1n) is 9.93. The van der Waals surface area contributed by atoms with E-state index >= 15 is 0 Å². The number of nitrogens with zero attached hydrogens (tertiary/aromatic N) is 1. The van der Waals surface area contributed by atoms with Crippen LogP contribution in [-0.2, 0) is 17.7 Å². The van der Waals surface area contributed by atoms with E-state index in [9.17, 15) is 0 Å². The molecule has 2 aromatic rings. The molecule has 2 atom stereocenters. The zero-order valence-corrected chi connectivity index (χ0v) is 16.2. The minimum Gasteiger partial charge on any atom is -0.378 e. The van der Waals surface area contributed by atoms with Crippen molar-refractivity contribution >= 4 is 0 Å². The van der Waals surface area contributed by atoms with Crippen molar-refractivity contribution in [1.29, 1.82) is 0 Å². The van der Waals surface area contributed by atoms with Gasteiger partial charge in [-0.15, -0.1) is 0 Å². The summed E-state index contributed by atoms with van der Waals surface area (Å²) in [6, 6.07) is 17.0. The van der Waals surface area contributed by atoms with E-state index in [4.69, 9.17) is 4.74 Å². The summed E-state index contributed by atoms with van der Waals surface area (Å²) >= 11 is 0. The summed E-state index contributed by atoms with van der Waals surface area (Å²) in [7, 11) is 0. The van der Waals surface area contributed by atoms with Gasteiger partial charge in [0.25, 0.3) is 0 Å². The molecule has 1 saturated heterocycles. The van der Waals surface area contributed by atoms with Crippen LogP contribution in [0.1, 0.15) is 44.4 Å². The Kier molecular flexibility index (Phi) is 6.81. The summed E-state index contributed by atoms with van der Waals surface area (Å²) in [5, 5.41) is 3.60. The molecule has 1 aliphatic rings. The first-order chi connectivity index (χ1) is 12.7. The van der Waals surface area contributed by atoms with Crippen LogP contribution in [0.4, 0.5) is 0 Å². The summed E-state index contributed by atoms with van der Waals surface area (Å²) in [5.41, 5.74) is 2.88. The van der Waals surface area contributed by atoms with E-state index < -0.39 is 0 Å². The lowest BCUT2D eigenvalue weighted by Gasteiger charge is -2.43. The Labute approximate surface area is 158 Å². The topological polar surface area (TPSA) is 34.2 Å². The summed E-state index contributed by atoms with van der Waals surface area (Å²) < 4.78 is 6.08. The van der Waals surface area contributed by atoms with Crippen molar-refractivity contribution in [2.45, 2.75) is 52.2 Å². The molecule has 0 radical (unpaired) electrons. The van der Waals surface area contributed by atoms with E-state index in [0.29, 0.717) is 17.4 Å². The number of rotatable bonds is 8. The van der Waals surface area contributed by atoms with E-state index in [1.165, 1.54) is 12.0 Å². The van der Waals surface area contributed by atoms with Gasteiger partial charge in [-0.1, -0.05) is 50.2 Å². The van der Waals surface area contributed by atoms with Gasteiger partial charge in [0.05, 0.1) is 11.8 Å². The van der Waals surface area contributed by atoms with Gasteiger partial charge < -0.3 is 10.1 Å². The number of pyridine rings is 1. The Hall–Kier alpha value is -1.71. The highest BCUT2D eigenvalue weighted by molar-refractivity contribution is 5.17. The standard InChI is InChI=1S/C23H32N2O/c1-19(2)22-17-23(12-15-26-22,16-20-8-4-3-5-9-20)11-14-24-18-21-10-6-7-13-25-21/h3-10,13,19,22,24H,11-12,14-18H2,1-2H3/t22-,23+/m0/s1. The first kappa shape index (κ1) is 19.1. The van der Waals surface area contributed by atoms with Gasteiger partial charge in [-0.2, -0.15) is 0 Å². The number of aromatic nitrogens is 1. The molecule has 1 aromatic heterocycles. The monoisotopic (exact) mass is 352 g/mol. The molecule has 0 bridgehead atoms. The molecule has 3 rings (SSSR count). The zero-order chi connectivity index (χ0) is 18.2. The molecule has 1 aromatic carbocycles. The van der Waals surface area contributed by atoms with Crippen LogP contribution in [0.2, 0.25) is 0 Å². The van der Waals surface area contributed by atoms with Gasteiger partial charge in [0.15, 0.2) is 0 Å². The molecule has 0 aliphatic carbocycles. The lowest BCUT2D eigenvalue weighted by molar-refractivity contribution is -0.0720. The third-order valence-electron chi connectivity index (χ3n) is 5.63. The van der Waals surface area contributed by atoms with Gasteiger partial charge in [-0.3, -0.25) is 4.98 Å². The molecule has 0 unspecified atom stereocenters. The summed E-state index contributed by atoms with van der Waals surface area (Å²) in [5.74, 6) is 0.576. The van der Waals surface area contributed by atoms with Crippen molar-refractivity contribution in [3.05, 3.63) is 66.0 Å². The van der Waals surface area contributed by atoms with E-state index in [-0.39, 0.29) is 0 Å². The van der Waals surface area contributed by atoms with Crippen LogP contribution in [0.25, 0.3) is 0 Å². The van der Waals surface area contributed by atoms with E-state index in [2.05, 4.69) is 60.5 Å². The molecule has 3 nitrogen and oxygen atoms in total. The zero-order valence-electron chi connectivity index (χ0n) is 16.2. The number of ether oxygens (including phenoxy) is 1. The smallest absolute Gasteiger partial charge is 0.0603 e. The van der Waals surface area contributed by atoms with Gasteiger partial charge in [0.1, 0.15) is 0 Å². The lowest BCUT2D eigenvalue weighted by atomic mass is 9.69. The fourth-order valence-electron chi connectivity index (χ4n) is 4.02. The van der Waals surface area contributed by atoms with Crippen molar-refractivity contribution in [3.63, 3.8) is 0 Å². The highest BCUT2D eigenvalue weighted by atomic mass is 16.5. The molecule has 0 amide bonds. The van der Waals surface area contributed by atoms with Crippen LogP contribution >= 0.6 is 0 Å². The van der Waals surface area contributed by atoms with Crippen LogP contribution in [0.15, 0.2) is 54.7 Å². The summed E-state index contributed by atoms with van der Waals surface area (Å²) in [4.78, 5) is 4.40. The molecular formula is C23H32N2O.